The van der Waals surface area contributed by atoms with E-state index in [1.54, 1.807) is 7.11 Å². The van der Waals surface area contributed by atoms with Gasteiger partial charge in [0.15, 0.2) is 0 Å². The van der Waals surface area contributed by atoms with Gasteiger partial charge in [-0.15, -0.1) is 24.8 Å². The predicted molar refractivity (Wildman–Crippen MR) is 97.3 cm³/mol. The maximum atomic E-state index is 11.9. The first-order valence-corrected chi connectivity index (χ1v) is 7.45. The van der Waals surface area contributed by atoms with E-state index in [2.05, 4.69) is 41.4 Å². The van der Waals surface area contributed by atoms with E-state index in [-0.39, 0.29) is 43.4 Å². The first-order valence-electron chi connectivity index (χ1n) is 7.45. The lowest BCUT2D eigenvalue weighted by Gasteiger charge is -2.25. The summed E-state index contributed by atoms with van der Waals surface area (Å²) < 4.78 is 4.91. The van der Waals surface area contributed by atoms with E-state index >= 15 is 0 Å². The molecular weight excluding hydrogens is 337 g/mol. The number of nitrogens with one attached hydrogen (secondary N) is 1. The highest BCUT2D eigenvalue weighted by molar-refractivity contribution is 5.85. The highest BCUT2D eigenvalue weighted by Crippen LogP contribution is 2.24. The van der Waals surface area contributed by atoms with Crippen LogP contribution in [0.1, 0.15) is 24.9 Å². The van der Waals surface area contributed by atoms with Crippen molar-refractivity contribution in [2.45, 2.75) is 31.5 Å². The number of likely N-dealkylation sites (tertiary alicyclic amines) is 1. The largest absolute Gasteiger partial charge is 0.383 e. The van der Waals surface area contributed by atoms with E-state index in [4.69, 9.17) is 10.5 Å². The third-order valence-corrected chi connectivity index (χ3v) is 4.08. The van der Waals surface area contributed by atoms with Crippen LogP contribution in [0, 0.1) is 0 Å². The van der Waals surface area contributed by atoms with Crippen LogP contribution in [-0.4, -0.2) is 49.7 Å². The molecular formula is C16H27Cl2N3O2. The smallest absolute Gasteiger partial charge is 0.239 e. The SMILES string of the molecule is COCC(N)C(=O)NC1CCN(C(C)c2ccccc2)C1.Cl.Cl. The van der Waals surface area contributed by atoms with Gasteiger partial charge in [-0.05, 0) is 18.9 Å². The number of hydrogen-bond donors (Lipinski definition) is 2. The number of rotatable bonds is 6. The number of methoxy groups -OCH3 is 1. The molecule has 1 aromatic carbocycles. The van der Waals surface area contributed by atoms with Crippen molar-refractivity contribution < 1.29 is 9.53 Å². The lowest BCUT2D eigenvalue weighted by Crippen LogP contribution is -2.48. The van der Waals surface area contributed by atoms with Crippen LogP contribution in [0.3, 0.4) is 0 Å². The number of benzene rings is 1. The molecule has 23 heavy (non-hydrogen) atoms. The Balaban J connectivity index is 0.00000242. The fourth-order valence-corrected chi connectivity index (χ4v) is 2.76. The van der Waals surface area contributed by atoms with E-state index in [1.165, 1.54) is 5.56 Å². The number of hydrogen-bond acceptors (Lipinski definition) is 4. The zero-order valence-corrected chi connectivity index (χ0v) is 15.2. The zero-order valence-electron chi connectivity index (χ0n) is 13.6. The average Bonchev–Trinajstić information content (AvgIpc) is 2.96. The molecule has 5 nitrogen and oxygen atoms in total. The molecule has 0 aromatic heterocycles. The highest BCUT2D eigenvalue weighted by atomic mass is 35.5. The summed E-state index contributed by atoms with van der Waals surface area (Å²) in [5, 5.41) is 3.01. The molecule has 0 aliphatic carbocycles. The van der Waals surface area contributed by atoms with Crippen LogP contribution in [0.25, 0.3) is 0 Å². The van der Waals surface area contributed by atoms with Gasteiger partial charge in [0.05, 0.1) is 6.61 Å². The van der Waals surface area contributed by atoms with Crippen molar-refractivity contribution in [3.8, 4) is 0 Å². The average molecular weight is 364 g/mol. The number of carbonyl (C=O) groups is 1. The van der Waals surface area contributed by atoms with Crippen molar-refractivity contribution >= 4 is 30.7 Å². The molecule has 3 atom stereocenters. The summed E-state index contributed by atoms with van der Waals surface area (Å²) >= 11 is 0. The molecule has 7 heteroatoms. The van der Waals surface area contributed by atoms with E-state index in [1.807, 2.05) is 6.07 Å². The minimum absolute atomic E-state index is 0. The Kier molecular flexibility index (Phi) is 10.4. The normalized spacial score (nSPS) is 20.0. The van der Waals surface area contributed by atoms with E-state index in [0.717, 1.165) is 19.5 Å². The topological polar surface area (TPSA) is 67.6 Å². The van der Waals surface area contributed by atoms with E-state index in [9.17, 15) is 4.79 Å². The molecule has 1 aliphatic heterocycles. The van der Waals surface area contributed by atoms with Crippen molar-refractivity contribution in [1.29, 1.82) is 0 Å². The summed E-state index contributed by atoms with van der Waals surface area (Å²) in [6, 6.07) is 10.4. The molecule has 0 bridgehead atoms. The van der Waals surface area contributed by atoms with Gasteiger partial charge in [0.2, 0.25) is 5.91 Å². The zero-order chi connectivity index (χ0) is 15.2. The lowest BCUT2D eigenvalue weighted by molar-refractivity contribution is -0.124. The van der Waals surface area contributed by atoms with Crippen molar-refractivity contribution in [2.24, 2.45) is 5.73 Å². The fourth-order valence-electron chi connectivity index (χ4n) is 2.76. The molecule has 1 heterocycles. The summed E-state index contributed by atoms with van der Waals surface area (Å²) in [6.07, 6.45) is 0.961. The molecule has 1 saturated heterocycles. The summed E-state index contributed by atoms with van der Waals surface area (Å²) in [5.74, 6) is -0.129. The molecule has 1 amide bonds. The Morgan fingerprint density at radius 2 is 2.04 bits per heavy atom. The number of carbonyl (C=O) groups excluding carboxylic acids is 1. The van der Waals surface area contributed by atoms with Crippen molar-refractivity contribution in [3.63, 3.8) is 0 Å². The monoisotopic (exact) mass is 363 g/mol. The van der Waals surface area contributed by atoms with Crippen LogP contribution in [0.2, 0.25) is 0 Å². The Hall–Kier alpha value is -0.850. The maximum absolute atomic E-state index is 11.9. The molecule has 1 aliphatic rings. The predicted octanol–water partition coefficient (Wildman–Crippen LogP) is 1.76. The molecule has 1 fully saturated rings. The Bertz CT molecular complexity index is 462. The Morgan fingerprint density at radius 1 is 1.39 bits per heavy atom. The molecule has 0 saturated carbocycles. The number of ether oxygens (including phenoxy) is 1. The highest BCUT2D eigenvalue weighted by Gasteiger charge is 2.28. The van der Waals surface area contributed by atoms with Crippen LogP contribution < -0.4 is 11.1 Å². The summed E-state index contributed by atoms with van der Waals surface area (Å²) in [4.78, 5) is 14.3. The van der Waals surface area contributed by atoms with Gasteiger partial charge in [-0.1, -0.05) is 30.3 Å². The van der Waals surface area contributed by atoms with Gasteiger partial charge in [-0.2, -0.15) is 0 Å². The summed E-state index contributed by atoms with van der Waals surface area (Å²) in [6.45, 7) is 4.31. The van der Waals surface area contributed by atoms with Crippen LogP contribution >= 0.6 is 24.8 Å². The summed E-state index contributed by atoms with van der Waals surface area (Å²) in [5.41, 5.74) is 7.05. The number of halogens is 2. The first-order chi connectivity index (χ1) is 10.1. The third kappa shape index (κ3) is 6.28. The van der Waals surface area contributed by atoms with Crippen LogP contribution in [-0.2, 0) is 9.53 Å². The minimum Gasteiger partial charge on any atom is -0.383 e. The van der Waals surface area contributed by atoms with Crippen molar-refractivity contribution in [1.82, 2.24) is 10.2 Å². The Labute approximate surface area is 150 Å². The second-order valence-electron chi connectivity index (χ2n) is 5.64. The maximum Gasteiger partial charge on any atom is 0.239 e. The van der Waals surface area contributed by atoms with Crippen LogP contribution in [0.4, 0.5) is 0 Å². The minimum atomic E-state index is -0.587. The number of amides is 1. The van der Waals surface area contributed by atoms with E-state index < -0.39 is 6.04 Å². The number of nitrogens with two attached hydrogens (primary N) is 1. The molecule has 1 aromatic rings. The van der Waals surface area contributed by atoms with Gasteiger partial charge in [0, 0.05) is 32.3 Å². The quantitative estimate of drug-likeness (QED) is 0.807. The third-order valence-electron chi connectivity index (χ3n) is 4.08. The summed E-state index contributed by atoms with van der Waals surface area (Å²) in [7, 11) is 1.55. The van der Waals surface area contributed by atoms with Crippen molar-refractivity contribution in [3.05, 3.63) is 35.9 Å². The van der Waals surface area contributed by atoms with Crippen LogP contribution in [0.15, 0.2) is 30.3 Å². The van der Waals surface area contributed by atoms with Gasteiger partial charge in [-0.25, -0.2) is 0 Å². The van der Waals surface area contributed by atoms with Crippen molar-refractivity contribution in [2.75, 3.05) is 26.8 Å². The second-order valence-corrected chi connectivity index (χ2v) is 5.64. The second kappa shape index (κ2) is 10.8. The van der Waals surface area contributed by atoms with Gasteiger partial charge in [0.25, 0.3) is 0 Å². The van der Waals surface area contributed by atoms with Gasteiger partial charge >= 0.3 is 0 Å². The standard InChI is InChI=1S/C16H25N3O2.2ClH/c1-12(13-6-4-3-5-7-13)19-9-8-14(10-19)18-16(20)15(17)11-21-2;;/h3-7,12,14-15H,8-11,17H2,1-2H3,(H,18,20);2*1H. The van der Waals surface area contributed by atoms with Gasteiger partial charge in [-0.3, -0.25) is 9.69 Å². The van der Waals surface area contributed by atoms with Crippen LogP contribution in [0.5, 0.6) is 0 Å². The molecule has 3 N–H and O–H groups in total. The van der Waals surface area contributed by atoms with Gasteiger partial charge < -0.3 is 15.8 Å². The lowest BCUT2D eigenvalue weighted by atomic mass is 10.1. The molecule has 132 valence electrons. The molecule has 2 rings (SSSR count). The fraction of sp³-hybridized carbons (Fsp3) is 0.562. The molecule has 3 unspecified atom stereocenters. The first kappa shape index (κ1) is 22.1. The van der Waals surface area contributed by atoms with E-state index in [0.29, 0.717) is 6.04 Å². The molecule has 0 radical (unpaired) electrons. The molecule has 0 spiro atoms. The van der Waals surface area contributed by atoms with Gasteiger partial charge in [0.1, 0.15) is 6.04 Å². The number of nitrogens with zero attached hydrogens (tertiary/aromatic N) is 1. The Morgan fingerprint density at radius 3 is 2.65 bits per heavy atom.